The second kappa shape index (κ2) is 10.1. The van der Waals surface area contributed by atoms with Gasteiger partial charge in [-0.05, 0) is 31.3 Å². The Kier molecular flexibility index (Phi) is 9.73. The van der Waals surface area contributed by atoms with Gasteiger partial charge in [0, 0.05) is 0 Å². The van der Waals surface area contributed by atoms with Crippen LogP contribution in [0.25, 0.3) is 0 Å². The fourth-order valence-corrected chi connectivity index (χ4v) is 2.06. The molecule has 0 rings (SSSR count). The summed E-state index contributed by atoms with van der Waals surface area (Å²) in [6, 6.07) is 0. The van der Waals surface area contributed by atoms with Crippen LogP contribution in [0.5, 0.6) is 0 Å². The third kappa shape index (κ3) is 7.45. The predicted molar refractivity (Wildman–Crippen MR) is 70.1 cm³/mol. The summed E-state index contributed by atoms with van der Waals surface area (Å²) in [5.41, 5.74) is 4.44. The molecule has 0 heteroatoms. The molecule has 0 aliphatic carbocycles. The predicted octanol–water partition coefficient (Wildman–Crippen LogP) is 5.49. The lowest BCUT2D eigenvalue weighted by atomic mass is 9.90. The molecule has 1 atom stereocenters. The van der Waals surface area contributed by atoms with E-state index in [2.05, 4.69) is 33.1 Å². The molecule has 0 radical (unpaired) electrons. The maximum Gasteiger partial charge on any atom is -0.0130 e. The second-order valence-corrected chi connectivity index (χ2v) is 4.55. The fourth-order valence-electron chi connectivity index (χ4n) is 2.06. The second-order valence-electron chi connectivity index (χ2n) is 4.55. The summed E-state index contributed by atoms with van der Waals surface area (Å²) in [6.07, 6.45) is 10.8. The van der Waals surface area contributed by atoms with Crippen molar-refractivity contribution in [2.75, 3.05) is 0 Å². The molecular formula is C15H28. The van der Waals surface area contributed by atoms with E-state index in [0.29, 0.717) is 0 Å². The Morgan fingerprint density at radius 2 is 1.67 bits per heavy atom. The average Bonchev–Trinajstić information content (AvgIpc) is 2.26. The summed E-state index contributed by atoms with van der Waals surface area (Å²) in [5, 5.41) is 0. The largest absolute Gasteiger partial charge is 0.130 e. The van der Waals surface area contributed by atoms with Crippen LogP contribution in [0.1, 0.15) is 72.1 Å². The normalized spacial score (nSPS) is 12.2. The van der Waals surface area contributed by atoms with Gasteiger partial charge in [-0.25, -0.2) is 0 Å². The highest BCUT2D eigenvalue weighted by molar-refractivity contribution is 5.00. The zero-order valence-electron chi connectivity index (χ0n) is 10.9. The van der Waals surface area contributed by atoms with E-state index < -0.39 is 0 Å². The molecule has 0 saturated carbocycles. The number of unbranched alkanes of at least 4 members (excludes halogenated alkanes) is 4. The van der Waals surface area contributed by atoms with Crippen LogP contribution in [0.3, 0.4) is 0 Å². The van der Waals surface area contributed by atoms with Gasteiger partial charge in [-0.1, -0.05) is 59.0 Å². The van der Waals surface area contributed by atoms with Gasteiger partial charge >= 0.3 is 0 Å². The highest BCUT2D eigenvalue weighted by Crippen LogP contribution is 2.22. The van der Waals surface area contributed by atoms with E-state index in [4.69, 9.17) is 0 Å². The maximum atomic E-state index is 3.76. The lowest BCUT2D eigenvalue weighted by Gasteiger charge is -2.15. The van der Waals surface area contributed by atoms with Gasteiger partial charge in [0.1, 0.15) is 0 Å². The van der Waals surface area contributed by atoms with Gasteiger partial charge in [0.15, 0.2) is 0 Å². The smallest absolute Gasteiger partial charge is 0.0130 e. The minimum Gasteiger partial charge on any atom is -0.130 e. The van der Waals surface area contributed by atoms with Crippen molar-refractivity contribution >= 4 is 0 Å². The van der Waals surface area contributed by atoms with Gasteiger partial charge in [-0.3, -0.25) is 0 Å². The van der Waals surface area contributed by atoms with Crippen molar-refractivity contribution in [1.29, 1.82) is 0 Å². The van der Waals surface area contributed by atoms with Crippen LogP contribution >= 0.6 is 0 Å². The molecule has 1 unspecified atom stereocenters. The zero-order valence-corrected chi connectivity index (χ0v) is 10.9. The quantitative estimate of drug-likeness (QED) is 0.347. The van der Waals surface area contributed by atoms with E-state index in [1.165, 1.54) is 56.9 Å². The van der Waals surface area contributed by atoms with Crippen LogP contribution in [0.2, 0.25) is 0 Å². The van der Waals surface area contributed by atoms with Crippen LogP contribution in [-0.2, 0) is 0 Å². The highest BCUT2D eigenvalue weighted by Gasteiger charge is 2.08. The molecule has 0 aromatic rings. The lowest BCUT2D eigenvalue weighted by Crippen LogP contribution is -2.01. The molecule has 0 N–H and O–H groups in total. The number of rotatable bonds is 9. The molecule has 0 aromatic carbocycles. The molecule has 0 bridgehead atoms. The topological polar surface area (TPSA) is 0 Å². The number of hydrogen-bond donors (Lipinski definition) is 0. The first-order valence-corrected chi connectivity index (χ1v) is 6.62. The first-order chi connectivity index (χ1) is 7.26. The highest BCUT2D eigenvalue weighted by atomic mass is 14.1. The van der Waals surface area contributed by atoms with E-state index in [1.807, 2.05) is 0 Å². The molecule has 0 amide bonds. The molecule has 0 fully saturated rings. The van der Waals surface area contributed by atoms with Crippen LogP contribution in [0.15, 0.2) is 17.9 Å². The summed E-state index contributed by atoms with van der Waals surface area (Å²) in [6.45, 7) is 10.5. The van der Waals surface area contributed by atoms with E-state index in [-0.39, 0.29) is 0 Å². The lowest BCUT2D eigenvalue weighted by molar-refractivity contribution is 0.473. The Balaban J connectivity index is 3.71. The molecule has 0 saturated heterocycles. The maximum absolute atomic E-state index is 3.76. The van der Waals surface area contributed by atoms with Gasteiger partial charge in [-0.15, -0.1) is 5.73 Å². The van der Waals surface area contributed by atoms with E-state index in [1.54, 1.807) is 0 Å². The molecule has 0 heterocycles. The Bertz CT molecular complexity index is 184. The fraction of sp³-hybridized carbons (Fsp3) is 0.800. The Morgan fingerprint density at radius 3 is 2.20 bits per heavy atom. The number of allylic oxidation sites excluding steroid dienone is 1. The van der Waals surface area contributed by atoms with Gasteiger partial charge in [0.05, 0.1) is 0 Å². The molecule has 0 nitrogen and oxygen atoms in total. The van der Waals surface area contributed by atoms with Crippen molar-refractivity contribution in [3.8, 4) is 0 Å². The molecular weight excluding hydrogens is 180 g/mol. The Morgan fingerprint density at radius 1 is 1.00 bits per heavy atom. The summed E-state index contributed by atoms with van der Waals surface area (Å²) in [5.74, 6) is 0.745. The monoisotopic (exact) mass is 208 g/mol. The molecule has 88 valence electrons. The van der Waals surface area contributed by atoms with Crippen LogP contribution in [0.4, 0.5) is 0 Å². The third-order valence-electron chi connectivity index (χ3n) is 3.18. The van der Waals surface area contributed by atoms with Crippen molar-refractivity contribution in [2.24, 2.45) is 5.92 Å². The molecule has 0 aliphatic rings. The minimum atomic E-state index is 0.745. The van der Waals surface area contributed by atoms with Crippen molar-refractivity contribution in [3.63, 3.8) is 0 Å². The van der Waals surface area contributed by atoms with Crippen molar-refractivity contribution in [2.45, 2.75) is 72.1 Å². The van der Waals surface area contributed by atoms with E-state index >= 15 is 0 Å². The van der Waals surface area contributed by atoms with Gasteiger partial charge in [0.25, 0.3) is 0 Å². The summed E-state index contributed by atoms with van der Waals surface area (Å²) >= 11 is 0. The summed E-state index contributed by atoms with van der Waals surface area (Å²) < 4.78 is 0. The SMILES string of the molecule is C=C=C(C)C(CCC)CCCCCCC. The van der Waals surface area contributed by atoms with Gasteiger partial charge < -0.3 is 0 Å². The van der Waals surface area contributed by atoms with Gasteiger partial charge in [-0.2, -0.15) is 0 Å². The molecule has 0 spiro atoms. The van der Waals surface area contributed by atoms with E-state index in [0.717, 1.165) is 5.92 Å². The Labute approximate surface area is 96.5 Å². The van der Waals surface area contributed by atoms with Crippen molar-refractivity contribution in [1.82, 2.24) is 0 Å². The van der Waals surface area contributed by atoms with Crippen LogP contribution in [-0.4, -0.2) is 0 Å². The zero-order chi connectivity index (χ0) is 11.5. The van der Waals surface area contributed by atoms with Crippen LogP contribution < -0.4 is 0 Å². The van der Waals surface area contributed by atoms with Crippen LogP contribution in [0, 0.1) is 5.92 Å². The standard InChI is InChI=1S/C15H28/c1-5-8-9-10-11-13-15(12-6-2)14(4)7-3/h15H,3,5-6,8-13H2,1-2,4H3. The number of hydrogen-bond acceptors (Lipinski definition) is 0. The van der Waals surface area contributed by atoms with E-state index in [9.17, 15) is 0 Å². The average molecular weight is 208 g/mol. The minimum absolute atomic E-state index is 0.745. The van der Waals surface area contributed by atoms with Crippen molar-refractivity contribution in [3.05, 3.63) is 17.9 Å². The van der Waals surface area contributed by atoms with Gasteiger partial charge in [0.2, 0.25) is 0 Å². The summed E-state index contributed by atoms with van der Waals surface area (Å²) in [4.78, 5) is 0. The van der Waals surface area contributed by atoms with Crippen molar-refractivity contribution < 1.29 is 0 Å². The molecule has 0 aliphatic heterocycles. The first kappa shape index (κ1) is 14.5. The summed E-state index contributed by atoms with van der Waals surface area (Å²) in [7, 11) is 0. The molecule has 15 heavy (non-hydrogen) atoms. The molecule has 0 aromatic heterocycles. The third-order valence-corrected chi connectivity index (χ3v) is 3.18. The Hall–Kier alpha value is -0.480. The first-order valence-electron chi connectivity index (χ1n) is 6.62.